The molecule has 0 spiro atoms. The number of hydrogen-bond donors (Lipinski definition) is 1. The van der Waals surface area contributed by atoms with E-state index in [2.05, 4.69) is 30.5 Å². The Kier molecular flexibility index (Phi) is 3.52. The Labute approximate surface area is 87.1 Å². The third-order valence-corrected chi connectivity index (χ3v) is 3.08. The Morgan fingerprint density at radius 2 is 2.21 bits per heavy atom. The quantitative estimate of drug-likeness (QED) is 0.675. The fourth-order valence-electron chi connectivity index (χ4n) is 2.00. The average molecular weight is 195 g/mol. The summed E-state index contributed by atoms with van der Waals surface area (Å²) >= 11 is 0. The minimum atomic E-state index is 0.0693. The molecule has 2 atom stereocenters. The van der Waals surface area contributed by atoms with Crippen LogP contribution >= 0.6 is 0 Å². The predicted octanol–water partition coefficient (Wildman–Crippen LogP) is 1.35. The molecule has 0 amide bonds. The zero-order valence-electron chi connectivity index (χ0n) is 9.45. The highest BCUT2D eigenvalue weighted by atomic mass is 15.2. The molecule has 80 valence electrons. The number of hydrogen-bond acceptors (Lipinski definition) is 2. The second-order valence-corrected chi connectivity index (χ2v) is 5.17. The molecule has 0 aromatic rings. The van der Waals surface area contributed by atoms with Crippen LogP contribution in [0.1, 0.15) is 27.2 Å². The molecule has 2 N–H and O–H groups in total. The van der Waals surface area contributed by atoms with Crippen LogP contribution in [0.3, 0.4) is 0 Å². The summed E-state index contributed by atoms with van der Waals surface area (Å²) in [4.78, 5) is 5.83. The molecule has 1 aliphatic heterocycles. The molecule has 0 aromatic heterocycles. The van der Waals surface area contributed by atoms with Gasteiger partial charge in [-0.1, -0.05) is 0 Å². The van der Waals surface area contributed by atoms with E-state index in [4.69, 9.17) is 12.3 Å². The summed E-state index contributed by atoms with van der Waals surface area (Å²) < 4.78 is 0. The molecule has 0 saturated carbocycles. The van der Waals surface area contributed by atoms with Crippen molar-refractivity contribution in [2.45, 2.75) is 38.8 Å². The van der Waals surface area contributed by atoms with Crippen molar-refractivity contribution in [2.24, 2.45) is 11.7 Å². The van der Waals surface area contributed by atoms with Gasteiger partial charge in [-0.25, -0.2) is 6.57 Å². The molecule has 0 aromatic carbocycles. The first-order chi connectivity index (χ1) is 6.45. The van der Waals surface area contributed by atoms with E-state index in [1.54, 1.807) is 0 Å². The van der Waals surface area contributed by atoms with Crippen molar-refractivity contribution in [2.75, 3.05) is 19.6 Å². The molecular formula is C11H21N3. The highest BCUT2D eigenvalue weighted by Crippen LogP contribution is 2.25. The Bertz CT molecular complexity index is 224. The number of likely N-dealkylation sites (tertiary alicyclic amines) is 1. The lowest BCUT2D eigenvalue weighted by molar-refractivity contribution is 0.166. The molecule has 1 heterocycles. The molecular weight excluding hydrogens is 174 g/mol. The van der Waals surface area contributed by atoms with Gasteiger partial charge in [-0.15, -0.1) is 0 Å². The lowest BCUT2D eigenvalue weighted by Crippen LogP contribution is -2.41. The second-order valence-electron chi connectivity index (χ2n) is 5.17. The summed E-state index contributed by atoms with van der Waals surface area (Å²) in [5.41, 5.74) is 6.20. The summed E-state index contributed by atoms with van der Waals surface area (Å²) in [7, 11) is 0. The molecule has 1 fully saturated rings. The van der Waals surface area contributed by atoms with Crippen LogP contribution in [0.2, 0.25) is 0 Å². The Morgan fingerprint density at radius 1 is 1.57 bits per heavy atom. The van der Waals surface area contributed by atoms with E-state index in [-0.39, 0.29) is 11.6 Å². The monoisotopic (exact) mass is 195 g/mol. The Balaban J connectivity index is 2.46. The van der Waals surface area contributed by atoms with Crippen molar-refractivity contribution >= 4 is 0 Å². The van der Waals surface area contributed by atoms with Gasteiger partial charge in [-0.3, -0.25) is 4.90 Å². The van der Waals surface area contributed by atoms with Crippen molar-refractivity contribution in [3.8, 4) is 0 Å². The Morgan fingerprint density at radius 3 is 2.64 bits per heavy atom. The summed E-state index contributed by atoms with van der Waals surface area (Å²) in [6, 6.07) is 0.0693. The van der Waals surface area contributed by atoms with E-state index >= 15 is 0 Å². The SMILES string of the molecule is [C-]#[N+]C[C@H](N)[C@@H]1CCN(C(C)(C)C)C1. The van der Waals surface area contributed by atoms with E-state index < -0.39 is 0 Å². The van der Waals surface area contributed by atoms with Gasteiger partial charge >= 0.3 is 0 Å². The van der Waals surface area contributed by atoms with Crippen molar-refractivity contribution in [1.82, 2.24) is 4.90 Å². The molecule has 0 radical (unpaired) electrons. The van der Waals surface area contributed by atoms with Crippen LogP contribution in [0.5, 0.6) is 0 Å². The maximum absolute atomic E-state index is 6.80. The topological polar surface area (TPSA) is 33.6 Å². The maximum atomic E-state index is 6.80. The summed E-state index contributed by atoms with van der Waals surface area (Å²) in [6.07, 6.45) is 1.15. The van der Waals surface area contributed by atoms with E-state index in [0.717, 1.165) is 19.5 Å². The molecule has 0 aliphatic carbocycles. The lowest BCUT2D eigenvalue weighted by atomic mass is 10.00. The molecule has 1 rings (SSSR count). The predicted molar refractivity (Wildman–Crippen MR) is 58.9 cm³/mol. The second kappa shape index (κ2) is 4.29. The van der Waals surface area contributed by atoms with E-state index in [1.165, 1.54) is 0 Å². The normalized spacial score (nSPS) is 26.1. The molecule has 0 bridgehead atoms. The smallest absolute Gasteiger partial charge is 0.229 e. The zero-order chi connectivity index (χ0) is 10.8. The zero-order valence-corrected chi connectivity index (χ0v) is 9.45. The highest BCUT2D eigenvalue weighted by Gasteiger charge is 2.33. The lowest BCUT2D eigenvalue weighted by Gasteiger charge is -2.32. The number of nitrogens with two attached hydrogens (primary N) is 1. The van der Waals surface area contributed by atoms with Gasteiger partial charge in [0.05, 0.1) is 6.04 Å². The van der Waals surface area contributed by atoms with E-state index in [0.29, 0.717) is 12.5 Å². The van der Waals surface area contributed by atoms with Crippen LogP contribution in [0.15, 0.2) is 0 Å². The van der Waals surface area contributed by atoms with Crippen molar-refractivity contribution in [1.29, 1.82) is 0 Å². The van der Waals surface area contributed by atoms with Crippen molar-refractivity contribution in [3.63, 3.8) is 0 Å². The minimum absolute atomic E-state index is 0.0693. The first kappa shape index (κ1) is 11.5. The molecule has 0 unspecified atom stereocenters. The molecule has 3 nitrogen and oxygen atoms in total. The Hall–Kier alpha value is -0.590. The largest absolute Gasteiger partial charge is 0.321 e. The van der Waals surface area contributed by atoms with Crippen LogP contribution < -0.4 is 5.73 Å². The summed E-state index contributed by atoms with van der Waals surface area (Å²) in [5.74, 6) is 0.517. The van der Waals surface area contributed by atoms with Crippen LogP contribution in [0, 0.1) is 12.5 Å². The third kappa shape index (κ3) is 2.70. The van der Waals surface area contributed by atoms with E-state index in [1.807, 2.05) is 0 Å². The van der Waals surface area contributed by atoms with Gasteiger partial charge in [-0.2, -0.15) is 0 Å². The van der Waals surface area contributed by atoms with Gasteiger partial charge in [0.15, 0.2) is 0 Å². The first-order valence-corrected chi connectivity index (χ1v) is 5.29. The average Bonchev–Trinajstić information content (AvgIpc) is 2.51. The number of nitrogens with zero attached hydrogens (tertiary/aromatic N) is 2. The molecule has 14 heavy (non-hydrogen) atoms. The third-order valence-electron chi connectivity index (χ3n) is 3.08. The summed E-state index contributed by atoms with van der Waals surface area (Å²) in [6.45, 7) is 16.2. The van der Waals surface area contributed by atoms with Crippen LogP contribution in [-0.4, -0.2) is 36.1 Å². The standard InChI is InChI=1S/C11H21N3/c1-11(2,3)14-6-5-9(8-14)10(12)7-13-4/h9-10H,5-8,12H2,1-3H3/t9-,10+/m1/s1. The van der Waals surface area contributed by atoms with Crippen LogP contribution in [-0.2, 0) is 0 Å². The fourth-order valence-corrected chi connectivity index (χ4v) is 2.00. The van der Waals surface area contributed by atoms with Gasteiger partial charge in [0.1, 0.15) is 0 Å². The van der Waals surface area contributed by atoms with Crippen LogP contribution in [0.4, 0.5) is 0 Å². The van der Waals surface area contributed by atoms with Gasteiger partial charge in [0.2, 0.25) is 6.54 Å². The van der Waals surface area contributed by atoms with Crippen molar-refractivity contribution < 1.29 is 0 Å². The van der Waals surface area contributed by atoms with Crippen LogP contribution in [0.25, 0.3) is 4.85 Å². The fraction of sp³-hybridized carbons (Fsp3) is 0.909. The van der Waals surface area contributed by atoms with Gasteiger partial charge in [-0.05, 0) is 39.7 Å². The van der Waals surface area contributed by atoms with E-state index in [9.17, 15) is 0 Å². The molecule has 1 saturated heterocycles. The number of rotatable bonds is 2. The van der Waals surface area contributed by atoms with Gasteiger partial charge in [0, 0.05) is 12.1 Å². The van der Waals surface area contributed by atoms with Gasteiger partial charge < -0.3 is 10.6 Å². The molecule has 1 aliphatic rings. The first-order valence-electron chi connectivity index (χ1n) is 5.29. The highest BCUT2D eigenvalue weighted by molar-refractivity contribution is 4.91. The van der Waals surface area contributed by atoms with Gasteiger partial charge in [0.25, 0.3) is 0 Å². The summed E-state index contributed by atoms with van der Waals surface area (Å²) in [5, 5.41) is 0. The minimum Gasteiger partial charge on any atom is -0.321 e. The molecule has 3 heteroatoms. The maximum Gasteiger partial charge on any atom is 0.229 e. The van der Waals surface area contributed by atoms with Crippen molar-refractivity contribution in [3.05, 3.63) is 11.4 Å².